The van der Waals surface area contributed by atoms with E-state index in [1.54, 1.807) is 36.4 Å². The summed E-state index contributed by atoms with van der Waals surface area (Å²) >= 11 is 5.29. The first-order valence-electron chi connectivity index (χ1n) is 10.9. The summed E-state index contributed by atoms with van der Waals surface area (Å²) in [7, 11) is 0. The molecule has 0 bridgehead atoms. The summed E-state index contributed by atoms with van der Waals surface area (Å²) in [6, 6.07) is 27.7. The molecular weight excluding hydrogens is 460 g/mol. The van der Waals surface area contributed by atoms with E-state index in [-0.39, 0.29) is 10.7 Å². The molecule has 0 atom stereocenters. The van der Waals surface area contributed by atoms with Crippen molar-refractivity contribution in [1.29, 1.82) is 0 Å². The maximum absolute atomic E-state index is 13.3. The molecule has 7 heteroatoms. The Morgan fingerprint density at radius 2 is 1.54 bits per heavy atom. The molecule has 35 heavy (non-hydrogen) atoms. The molecule has 0 aliphatic carbocycles. The van der Waals surface area contributed by atoms with Crippen LogP contribution in [0.2, 0.25) is 0 Å². The topological polar surface area (TPSA) is 71.8 Å². The van der Waals surface area contributed by atoms with Crippen molar-refractivity contribution in [3.63, 3.8) is 0 Å². The second-order valence-corrected chi connectivity index (χ2v) is 8.32. The molecule has 0 unspecified atom stereocenters. The lowest BCUT2D eigenvalue weighted by Crippen LogP contribution is -2.54. The number of anilines is 1. The summed E-state index contributed by atoms with van der Waals surface area (Å²) in [4.78, 5) is 27.1. The molecule has 0 radical (unpaired) electrons. The average molecular weight is 481 g/mol. The summed E-state index contributed by atoms with van der Waals surface area (Å²) in [5.41, 5.74) is 2.47. The van der Waals surface area contributed by atoms with E-state index >= 15 is 0 Å². The highest BCUT2D eigenvalue weighted by molar-refractivity contribution is 7.80. The van der Waals surface area contributed by atoms with Crippen LogP contribution in [0.3, 0.4) is 0 Å². The molecule has 0 spiro atoms. The fraction of sp³-hybridized carbons (Fsp3) is 0.0357. The standard InChI is InChI=1S/C28H20N2O4S/c1-18-7-9-19(10-8-18)25-16-15-23(34-25)17-24-26(31)29-28(35)30(27(24)32)20-11-13-22(14-12-20)33-21-5-3-2-4-6-21/h2-17H,1H3,(H,29,31,35). The number of nitrogens with one attached hydrogen (secondary N) is 1. The predicted octanol–water partition coefficient (Wildman–Crippen LogP) is 5.88. The minimum atomic E-state index is -0.575. The number of ether oxygens (including phenoxy) is 1. The summed E-state index contributed by atoms with van der Waals surface area (Å²) in [5, 5.41) is 2.59. The highest BCUT2D eigenvalue weighted by Crippen LogP contribution is 2.28. The van der Waals surface area contributed by atoms with E-state index in [4.69, 9.17) is 21.4 Å². The van der Waals surface area contributed by atoms with Crippen molar-refractivity contribution < 1.29 is 18.7 Å². The molecule has 1 aliphatic rings. The number of furan rings is 1. The van der Waals surface area contributed by atoms with Gasteiger partial charge in [0.25, 0.3) is 11.8 Å². The van der Waals surface area contributed by atoms with E-state index in [0.717, 1.165) is 11.1 Å². The Bertz CT molecular complexity index is 1440. The van der Waals surface area contributed by atoms with Crippen molar-refractivity contribution in [1.82, 2.24) is 5.32 Å². The number of aryl methyl sites for hydroxylation is 1. The van der Waals surface area contributed by atoms with Crippen molar-refractivity contribution in [2.24, 2.45) is 0 Å². The van der Waals surface area contributed by atoms with Gasteiger partial charge in [-0.15, -0.1) is 0 Å². The van der Waals surface area contributed by atoms with Crippen molar-refractivity contribution in [3.8, 4) is 22.8 Å². The number of rotatable bonds is 5. The largest absolute Gasteiger partial charge is 0.457 e. The Morgan fingerprint density at radius 1 is 0.857 bits per heavy atom. The van der Waals surface area contributed by atoms with Crippen LogP contribution in [0.25, 0.3) is 17.4 Å². The second-order valence-electron chi connectivity index (χ2n) is 7.93. The van der Waals surface area contributed by atoms with Gasteiger partial charge in [-0.3, -0.25) is 19.8 Å². The van der Waals surface area contributed by atoms with Crippen LogP contribution in [0, 0.1) is 6.92 Å². The van der Waals surface area contributed by atoms with Crippen molar-refractivity contribution in [2.45, 2.75) is 6.92 Å². The third kappa shape index (κ3) is 4.76. The molecule has 3 aromatic carbocycles. The van der Waals surface area contributed by atoms with Crippen molar-refractivity contribution in [2.75, 3.05) is 4.90 Å². The molecule has 2 heterocycles. The van der Waals surface area contributed by atoms with Gasteiger partial charge in [-0.25, -0.2) is 0 Å². The Kier molecular flexibility index (Phi) is 5.99. The maximum atomic E-state index is 13.3. The summed E-state index contributed by atoms with van der Waals surface area (Å²) in [5.74, 6) is 1.22. The van der Waals surface area contributed by atoms with Gasteiger partial charge in [0.05, 0.1) is 5.69 Å². The molecule has 172 valence electrons. The minimum absolute atomic E-state index is 0.00803. The van der Waals surface area contributed by atoms with Crippen LogP contribution in [0.4, 0.5) is 5.69 Å². The van der Waals surface area contributed by atoms with E-state index in [2.05, 4.69) is 5.32 Å². The maximum Gasteiger partial charge on any atom is 0.270 e. The number of amides is 2. The molecule has 1 aromatic heterocycles. The van der Waals surface area contributed by atoms with Crippen LogP contribution in [0.1, 0.15) is 11.3 Å². The van der Waals surface area contributed by atoms with Gasteiger partial charge in [0, 0.05) is 5.56 Å². The van der Waals surface area contributed by atoms with Gasteiger partial charge in [-0.2, -0.15) is 0 Å². The second kappa shape index (κ2) is 9.40. The molecule has 1 fully saturated rings. The predicted molar refractivity (Wildman–Crippen MR) is 138 cm³/mol. The fourth-order valence-electron chi connectivity index (χ4n) is 3.63. The molecule has 5 rings (SSSR count). The third-order valence-corrected chi connectivity index (χ3v) is 5.71. The Hall–Kier alpha value is -4.49. The number of nitrogens with zero attached hydrogens (tertiary/aromatic N) is 1. The first-order chi connectivity index (χ1) is 17.0. The van der Waals surface area contributed by atoms with Crippen LogP contribution >= 0.6 is 12.2 Å². The van der Waals surface area contributed by atoms with Gasteiger partial charge in [0.1, 0.15) is 28.6 Å². The van der Waals surface area contributed by atoms with Gasteiger partial charge in [0.2, 0.25) is 0 Å². The van der Waals surface area contributed by atoms with Gasteiger partial charge in [0.15, 0.2) is 5.11 Å². The lowest BCUT2D eigenvalue weighted by Gasteiger charge is -2.28. The van der Waals surface area contributed by atoms with Crippen LogP contribution in [0.5, 0.6) is 11.5 Å². The van der Waals surface area contributed by atoms with Crippen molar-refractivity contribution in [3.05, 3.63) is 108 Å². The van der Waals surface area contributed by atoms with E-state index in [9.17, 15) is 9.59 Å². The van der Waals surface area contributed by atoms with Crippen LogP contribution < -0.4 is 15.0 Å². The number of thiocarbonyl (C=S) groups is 1. The van der Waals surface area contributed by atoms with E-state index in [1.165, 1.54) is 11.0 Å². The highest BCUT2D eigenvalue weighted by Gasteiger charge is 2.34. The molecule has 2 amide bonds. The van der Waals surface area contributed by atoms with Gasteiger partial charge >= 0.3 is 0 Å². The van der Waals surface area contributed by atoms with E-state index < -0.39 is 11.8 Å². The molecule has 0 saturated carbocycles. The molecule has 4 aromatic rings. The number of carbonyl (C=O) groups is 2. The molecular formula is C28H20N2O4S. The van der Waals surface area contributed by atoms with E-state index in [1.807, 2.05) is 61.5 Å². The summed E-state index contributed by atoms with van der Waals surface area (Å²) in [6.07, 6.45) is 1.43. The normalized spacial score (nSPS) is 14.8. The Labute approximate surface area is 207 Å². The average Bonchev–Trinajstić information content (AvgIpc) is 3.32. The Morgan fingerprint density at radius 3 is 2.26 bits per heavy atom. The number of benzene rings is 3. The number of para-hydroxylation sites is 1. The first kappa shape index (κ1) is 22.3. The SMILES string of the molecule is Cc1ccc(-c2ccc(C=C3C(=O)NC(=S)N(c4ccc(Oc5ccccc5)cc4)C3=O)o2)cc1. The van der Waals surface area contributed by atoms with Crippen LogP contribution in [-0.4, -0.2) is 16.9 Å². The molecule has 1 N–H and O–H groups in total. The third-order valence-electron chi connectivity index (χ3n) is 5.42. The number of hydrogen-bond acceptors (Lipinski definition) is 5. The van der Waals surface area contributed by atoms with Crippen molar-refractivity contribution >= 4 is 40.9 Å². The fourth-order valence-corrected chi connectivity index (χ4v) is 3.91. The molecule has 6 nitrogen and oxygen atoms in total. The quantitative estimate of drug-likeness (QED) is 0.219. The highest BCUT2D eigenvalue weighted by atomic mass is 32.1. The Balaban J connectivity index is 1.38. The summed E-state index contributed by atoms with van der Waals surface area (Å²) < 4.78 is 11.7. The zero-order chi connectivity index (χ0) is 24.4. The van der Waals surface area contributed by atoms with Gasteiger partial charge in [-0.05, 0) is 73.7 Å². The smallest absolute Gasteiger partial charge is 0.270 e. The van der Waals surface area contributed by atoms with Crippen LogP contribution in [0.15, 0.2) is 101 Å². The zero-order valence-electron chi connectivity index (χ0n) is 18.7. The monoisotopic (exact) mass is 480 g/mol. The summed E-state index contributed by atoms with van der Waals surface area (Å²) in [6.45, 7) is 2.01. The minimum Gasteiger partial charge on any atom is -0.457 e. The lowest BCUT2D eigenvalue weighted by atomic mass is 10.1. The van der Waals surface area contributed by atoms with E-state index in [0.29, 0.717) is 28.7 Å². The number of carbonyl (C=O) groups excluding carboxylic acids is 2. The molecule has 1 saturated heterocycles. The van der Waals surface area contributed by atoms with Crippen LogP contribution in [-0.2, 0) is 9.59 Å². The lowest BCUT2D eigenvalue weighted by molar-refractivity contribution is -0.122. The van der Waals surface area contributed by atoms with Gasteiger partial charge < -0.3 is 9.15 Å². The molecule has 1 aliphatic heterocycles. The first-order valence-corrected chi connectivity index (χ1v) is 11.3. The zero-order valence-corrected chi connectivity index (χ0v) is 19.5. The number of hydrogen-bond donors (Lipinski definition) is 1. The van der Waals surface area contributed by atoms with Gasteiger partial charge in [-0.1, -0.05) is 48.0 Å².